The second-order valence-electron chi connectivity index (χ2n) is 8.11. The van der Waals surface area contributed by atoms with Gasteiger partial charge in [-0.2, -0.15) is 4.98 Å². The van der Waals surface area contributed by atoms with Crippen molar-refractivity contribution in [3.8, 4) is 5.88 Å². The number of rotatable bonds is 7. The zero-order valence-electron chi connectivity index (χ0n) is 17.7. The molecule has 2 aromatic heterocycles. The van der Waals surface area contributed by atoms with Crippen molar-refractivity contribution in [1.82, 2.24) is 19.9 Å². The quantitative estimate of drug-likeness (QED) is 0.699. The lowest BCUT2D eigenvalue weighted by molar-refractivity contribution is 0.203. The molecule has 0 bridgehead atoms. The van der Waals surface area contributed by atoms with Gasteiger partial charge in [-0.1, -0.05) is 37.8 Å². The zero-order chi connectivity index (χ0) is 20.8. The number of anilines is 3. The van der Waals surface area contributed by atoms with Crippen LogP contribution in [0.2, 0.25) is 5.02 Å². The number of pyridine rings is 1. The Hall–Kier alpha value is -2.12. The van der Waals surface area contributed by atoms with Crippen LogP contribution in [0.3, 0.4) is 0 Å². The summed E-state index contributed by atoms with van der Waals surface area (Å²) in [5, 5.41) is 3.59. The van der Waals surface area contributed by atoms with Gasteiger partial charge in [0.15, 0.2) is 0 Å². The summed E-state index contributed by atoms with van der Waals surface area (Å²) in [6.45, 7) is 8.24. The van der Waals surface area contributed by atoms with Crippen molar-refractivity contribution >= 4 is 29.1 Å². The summed E-state index contributed by atoms with van der Waals surface area (Å²) in [5.41, 5.74) is 1.14. The van der Waals surface area contributed by atoms with Crippen LogP contribution in [0.4, 0.5) is 17.5 Å². The molecule has 7 nitrogen and oxygen atoms in total. The Morgan fingerprint density at radius 3 is 2.57 bits per heavy atom. The molecule has 1 N–H and O–H groups in total. The number of halogens is 1. The number of piperazine rings is 1. The molecule has 1 saturated carbocycles. The van der Waals surface area contributed by atoms with Crippen molar-refractivity contribution in [1.29, 1.82) is 0 Å². The number of nitrogens with one attached hydrogen (secondary N) is 1. The van der Waals surface area contributed by atoms with Gasteiger partial charge >= 0.3 is 0 Å². The van der Waals surface area contributed by atoms with Crippen molar-refractivity contribution in [2.75, 3.05) is 49.5 Å². The SMILES string of the molecule is CCN1CCN(c2ccc(Nc3ncc(Cl)c(OCC4CCCCC4)n3)nc2)CC1. The van der Waals surface area contributed by atoms with Gasteiger partial charge in [-0.05, 0) is 37.4 Å². The van der Waals surface area contributed by atoms with Crippen molar-refractivity contribution < 1.29 is 4.74 Å². The normalized spacial score (nSPS) is 18.4. The van der Waals surface area contributed by atoms with Gasteiger partial charge < -0.3 is 19.9 Å². The summed E-state index contributed by atoms with van der Waals surface area (Å²) in [4.78, 5) is 18.1. The number of hydrogen-bond donors (Lipinski definition) is 1. The van der Waals surface area contributed by atoms with Crippen LogP contribution < -0.4 is 15.0 Å². The summed E-state index contributed by atoms with van der Waals surface area (Å²) < 4.78 is 5.92. The Balaban J connectivity index is 1.34. The van der Waals surface area contributed by atoms with Crippen LogP contribution in [0.5, 0.6) is 5.88 Å². The van der Waals surface area contributed by atoms with Gasteiger partial charge in [-0.3, -0.25) is 0 Å². The standard InChI is InChI=1S/C22H31ClN6O/c1-2-28-10-12-29(13-11-28)18-8-9-20(24-14-18)26-22-25-15-19(23)21(27-22)30-16-17-6-4-3-5-7-17/h8-9,14-15,17H,2-7,10-13,16H2,1H3,(H,24,25,26,27). The topological polar surface area (TPSA) is 66.4 Å². The van der Waals surface area contributed by atoms with E-state index in [0.717, 1.165) is 38.4 Å². The molecule has 0 spiro atoms. The summed E-state index contributed by atoms with van der Waals surface area (Å²) >= 11 is 6.24. The molecule has 2 fully saturated rings. The lowest BCUT2D eigenvalue weighted by atomic mass is 9.90. The van der Waals surface area contributed by atoms with Gasteiger partial charge in [-0.25, -0.2) is 9.97 Å². The molecule has 0 amide bonds. The van der Waals surface area contributed by atoms with Crippen LogP contribution in [-0.2, 0) is 0 Å². The highest BCUT2D eigenvalue weighted by Crippen LogP contribution is 2.27. The largest absolute Gasteiger partial charge is 0.476 e. The highest BCUT2D eigenvalue weighted by molar-refractivity contribution is 6.31. The molecule has 0 unspecified atom stereocenters. The van der Waals surface area contributed by atoms with Crippen LogP contribution in [0.15, 0.2) is 24.5 Å². The van der Waals surface area contributed by atoms with Crippen molar-refractivity contribution in [2.24, 2.45) is 5.92 Å². The van der Waals surface area contributed by atoms with Gasteiger partial charge in [0.1, 0.15) is 10.8 Å². The highest BCUT2D eigenvalue weighted by atomic mass is 35.5. The van der Waals surface area contributed by atoms with Gasteiger partial charge in [0.2, 0.25) is 11.8 Å². The Morgan fingerprint density at radius 2 is 1.87 bits per heavy atom. The van der Waals surface area contributed by atoms with Crippen molar-refractivity contribution in [2.45, 2.75) is 39.0 Å². The van der Waals surface area contributed by atoms with E-state index in [4.69, 9.17) is 16.3 Å². The number of likely N-dealkylation sites (N-methyl/N-ethyl adjacent to an activating group) is 1. The molecule has 0 atom stereocenters. The highest BCUT2D eigenvalue weighted by Gasteiger charge is 2.17. The van der Waals surface area contributed by atoms with E-state index in [1.165, 1.54) is 32.1 Å². The van der Waals surface area contributed by atoms with Crippen LogP contribution in [0.1, 0.15) is 39.0 Å². The fourth-order valence-corrected chi connectivity index (χ4v) is 4.29. The molecule has 0 aromatic carbocycles. The third-order valence-corrected chi connectivity index (χ3v) is 6.32. The third kappa shape index (κ3) is 5.52. The first-order chi connectivity index (χ1) is 14.7. The van der Waals surface area contributed by atoms with Gasteiger partial charge in [0.25, 0.3) is 0 Å². The van der Waals surface area contributed by atoms with E-state index in [9.17, 15) is 0 Å². The summed E-state index contributed by atoms with van der Waals surface area (Å²) in [6.07, 6.45) is 9.83. The number of hydrogen-bond acceptors (Lipinski definition) is 7. The lowest BCUT2D eigenvalue weighted by Gasteiger charge is -2.35. The number of nitrogens with zero attached hydrogens (tertiary/aromatic N) is 5. The summed E-state index contributed by atoms with van der Waals surface area (Å²) in [5.74, 6) is 2.17. The maximum atomic E-state index is 6.24. The van der Waals surface area contributed by atoms with E-state index >= 15 is 0 Å². The molecule has 8 heteroatoms. The first kappa shape index (κ1) is 21.1. The van der Waals surface area contributed by atoms with E-state index in [1.807, 2.05) is 12.3 Å². The van der Waals surface area contributed by atoms with Crippen molar-refractivity contribution in [3.05, 3.63) is 29.5 Å². The molecular weight excluding hydrogens is 400 g/mol. The lowest BCUT2D eigenvalue weighted by Crippen LogP contribution is -2.46. The maximum Gasteiger partial charge on any atom is 0.237 e. The van der Waals surface area contributed by atoms with E-state index in [-0.39, 0.29) is 0 Å². The number of aromatic nitrogens is 3. The molecule has 30 heavy (non-hydrogen) atoms. The molecule has 4 rings (SSSR count). The van der Waals surface area contributed by atoms with Crippen LogP contribution in [0, 0.1) is 5.92 Å². The molecule has 2 aromatic rings. The van der Waals surface area contributed by atoms with Crippen LogP contribution in [-0.4, -0.2) is 59.2 Å². The van der Waals surface area contributed by atoms with Crippen LogP contribution >= 0.6 is 11.6 Å². The number of ether oxygens (including phenoxy) is 1. The Kier molecular flexibility index (Phi) is 7.23. The molecule has 1 saturated heterocycles. The average Bonchev–Trinajstić information content (AvgIpc) is 2.81. The molecule has 3 heterocycles. The minimum absolute atomic E-state index is 0.435. The monoisotopic (exact) mass is 430 g/mol. The zero-order valence-corrected chi connectivity index (χ0v) is 18.4. The summed E-state index contributed by atoms with van der Waals surface area (Å²) in [7, 11) is 0. The van der Waals surface area contributed by atoms with E-state index in [1.54, 1.807) is 6.20 Å². The molecule has 0 radical (unpaired) electrons. The van der Waals surface area contributed by atoms with E-state index in [2.05, 4.69) is 43.1 Å². The minimum Gasteiger partial charge on any atom is -0.476 e. The predicted octanol–water partition coefficient (Wildman–Crippen LogP) is 4.37. The second kappa shape index (κ2) is 10.3. The van der Waals surface area contributed by atoms with E-state index < -0.39 is 0 Å². The fourth-order valence-electron chi connectivity index (χ4n) is 4.15. The van der Waals surface area contributed by atoms with Crippen molar-refractivity contribution in [3.63, 3.8) is 0 Å². The van der Waals surface area contributed by atoms with Gasteiger partial charge in [0.05, 0.1) is 24.7 Å². The van der Waals surface area contributed by atoms with Gasteiger partial charge in [-0.15, -0.1) is 0 Å². The third-order valence-electron chi connectivity index (χ3n) is 6.06. The molecule has 2 aliphatic rings. The molecule has 1 aliphatic carbocycles. The average molecular weight is 431 g/mol. The minimum atomic E-state index is 0.435. The molecule has 1 aliphatic heterocycles. The maximum absolute atomic E-state index is 6.24. The fraction of sp³-hybridized carbons (Fsp3) is 0.591. The Morgan fingerprint density at radius 1 is 1.07 bits per heavy atom. The Bertz CT molecular complexity index is 804. The van der Waals surface area contributed by atoms with E-state index in [0.29, 0.717) is 35.2 Å². The summed E-state index contributed by atoms with van der Waals surface area (Å²) in [6, 6.07) is 4.05. The molecule has 162 valence electrons. The second-order valence-corrected chi connectivity index (χ2v) is 8.52. The van der Waals surface area contributed by atoms with Crippen LogP contribution in [0.25, 0.3) is 0 Å². The smallest absolute Gasteiger partial charge is 0.237 e. The first-order valence-electron chi connectivity index (χ1n) is 11.1. The molecular formula is C22H31ClN6O. The van der Waals surface area contributed by atoms with Gasteiger partial charge in [0, 0.05) is 26.2 Å². The Labute approximate surface area is 183 Å². The predicted molar refractivity (Wildman–Crippen MR) is 121 cm³/mol. The first-order valence-corrected chi connectivity index (χ1v) is 11.4.